The van der Waals surface area contributed by atoms with Gasteiger partial charge in [-0.05, 0) is 45.2 Å². The van der Waals surface area contributed by atoms with Crippen molar-refractivity contribution < 1.29 is 4.74 Å². The van der Waals surface area contributed by atoms with Crippen LogP contribution in [-0.4, -0.2) is 56.3 Å². The summed E-state index contributed by atoms with van der Waals surface area (Å²) in [5.41, 5.74) is 1.39. The summed E-state index contributed by atoms with van der Waals surface area (Å²) >= 11 is 0. The number of nitrogens with zero attached hydrogens (tertiary/aromatic N) is 2. The molecule has 1 saturated heterocycles. The summed E-state index contributed by atoms with van der Waals surface area (Å²) in [6.45, 7) is 8.95. The fourth-order valence-corrected chi connectivity index (χ4v) is 3.19. The maximum absolute atomic E-state index is 5.56. The molecule has 0 saturated carbocycles. The van der Waals surface area contributed by atoms with Crippen LogP contribution in [0.15, 0.2) is 35.3 Å². The van der Waals surface area contributed by atoms with Crippen molar-refractivity contribution in [2.24, 2.45) is 4.99 Å². The molecule has 1 atom stereocenters. The highest BCUT2D eigenvalue weighted by molar-refractivity contribution is 14.0. The quantitative estimate of drug-likeness (QED) is 0.250. The molecular weight excluding hydrogens is 439 g/mol. The van der Waals surface area contributed by atoms with Gasteiger partial charge in [0.25, 0.3) is 0 Å². The molecule has 0 bridgehead atoms. The van der Waals surface area contributed by atoms with Crippen molar-refractivity contribution in [3.8, 4) is 0 Å². The minimum absolute atomic E-state index is 0. The first-order valence-electron chi connectivity index (χ1n) is 9.53. The van der Waals surface area contributed by atoms with Crippen molar-refractivity contribution in [1.29, 1.82) is 0 Å². The number of rotatable bonds is 9. The molecule has 0 aromatic heterocycles. The SMILES string of the molecule is CN=C(NCCCOC(C)C)NCC1CCCN1Cc1ccccc1.I. The van der Waals surface area contributed by atoms with Gasteiger partial charge in [0.2, 0.25) is 0 Å². The Morgan fingerprint density at radius 2 is 2.04 bits per heavy atom. The Labute approximate surface area is 176 Å². The van der Waals surface area contributed by atoms with Crippen molar-refractivity contribution in [2.75, 3.05) is 33.3 Å². The van der Waals surface area contributed by atoms with Crippen LogP contribution in [0.4, 0.5) is 0 Å². The third-order valence-electron chi connectivity index (χ3n) is 4.52. The first-order chi connectivity index (χ1) is 12.2. The third kappa shape index (κ3) is 8.68. The average Bonchev–Trinajstić information content (AvgIpc) is 3.05. The van der Waals surface area contributed by atoms with Gasteiger partial charge in [-0.15, -0.1) is 24.0 Å². The lowest BCUT2D eigenvalue weighted by Crippen LogP contribution is -2.45. The van der Waals surface area contributed by atoms with Crippen LogP contribution in [0.1, 0.15) is 38.7 Å². The van der Waals surface area contributed by atoms with Gasteiger partial charge in [-0.3, -0.25) is 9.89 Å². The van der Waals surface area contributed by atoms with Crippen molar-refractivity contribution in [3.63, 3.8) is 0 Å². The van der Waals surface area contributed by atoms with Crippen molar-refractivity contribution in [3.05, 3.63) is 35.9 Å². The predicted octanol–water partition coefficient (Wildman–Crippen LogP) is 3.25. The molecule has 1 aliphatic heterocycles. The lowest BCUT2D eigenvalue weighted by Gasteiger charge is -2.25. The Hall–Kier alpha value is -0.860. The fourth-order valence-electron chi connectivity index (χ4n) is 3.19. The molecule has 5 nitrogen and oxygen atoms in total. The molecule has 2 rings (SSSR count). The van der Waals surface area contributed by atoms with Gasteiger partial charge < -0.3 is 15.4 Å². The Morgan fingerprint density at radius 3 is 2.73 bits per heavy atom. The number of aliphatic imine (C=N–C) groups is 1. The van der Waals surface area contributed by atoms with E-state index < -0.39 is 0 Å². The second kappa shape index (κ2) is 13.3. The van der Waals surface area contributed by atoms with Crippen LogP contribution in [0.5, 0.6) is 0 Å². The molecule has 2 N–H and O–H groups in total. The van der Waals surface area contributed by atoms with E-state index in [-0.39, 0.29) is 24.0 Å². The largest absolute Gasteiger partial charge is 0.379 e. The number of nitrogens with one attached hydrogen (secondary N) is 2. The van der Waals surface area contributed by atoms with Gasteiger partial charge in [-0.1, -0.05) is 30.3 Å². The predicted molar refractivity (Wildman–Crippen MR) is 120 cm³/mol. The molecule has 1 heterocycles. The van der Waals surface area contributed by atoms with E-state index in [1.807, 2.05) is 7.05 Å². The topological polar surface area (TPSA) is 48.9 Å². The molecule has 1 aromatic carbocycles. The zero-order valence-electron chi connectivity index (χ0n) is 16.4. The maximum Gasteiger partial charge on any atom is 0.191 e. The summed E-state index contributed by atoms with van der Waals surface area (Å²) < 4.78 is 5.56. The number of ether oxygens (including phenoxy) is 1. The molecule has 0 amide bonds. The van der Waals surface area contributed by atoms with E-state index in [4.69, 9.17) is 4.74 Å². The minimum atomic E-state index is 0. The first-order valence-corrected chi connectivity index (χ1v) is 9.53. The highest BCUT2D eigenvalue weighted by Gasteiger charge is 2.24. The van der Waals surface area contributed by atoms with E-state index in [0.29, 0.717) is 12.1 Å². The molecule has 0 aliphatic carbocycles. The van der Waals surface area contributed by atoms with Crippen LogP contribution < -0.4 is 10.6 Å². The van der Waals surface area contributed by atoms with Crippen molar-refractivity contribution in [1.82, 2.24) is 15.5 Å². The Kier molecular flexibility index (Phi) is 11.9. The summed E-state index contributed by atoms with van der Waals surface area (Å²) in [7, 11) is 1.83. The van der Waals surface area contributed by atoms with Crippen LogP contribution in [0.25, 0.3) is 0 Å². The lowest BCUT2D eigenvalue weighted by molar-refractivity contribution is 0.0776. The summed E-state index contributed by atoms with van der Waals surface area (Å²) in [5, 5.41) is 6.86. The van der Waals surface area contributed by atoms with Crippen LogP contribution in [0, 0.1) is 0 Å². The van der Waals surface area contributed by atoms with Crippen LogP contribution in [-0.2, 0) is 11.3 Å². The molecule has 1 unspecified atom stereocenters. The molecule has 1 fully saturated rings. The Morgan fingerprint density at radius 1 is 1.27 bits per heavy atom. The molecule has 148 valence electrons. The maximum atomic E-state index is 5.56. The Bertz CT molecular complexity index is 510. The van der Waals surface area contributed by atoms with Crippen LogP contribution in [0.2, 0.25) is 0 Å². The van der Waals surface area contributed by atoms with E-state index in [2.05, 4.69) is 64.7 Å². The van der Waals surface area contributed by atoms with Gasteiger partial charge in [0.05, 0.1) is 6.10 Å². The number of hydrogen-bond acceptors (Lipinski definition) is 3. The highest BCUT2D eigenvalue weighted by atomic mass is 127. The molecule has 0 spiro atoms. The summed E-state index contributed by atoms with van der Waals surface area (Å²) in [5.74, 6) is 0.885. The summed E-state index contributed by atoms with van der Waals surface area (Å²) in [6.07, 6.45) is 3.81. The van der Waals surface area contributed by atoms with Gasteiger partial charge in [0, 0.05) is 39.3 Å². The summed E-state index contributed by atoms with van der Waals surface area (Å²) in [6, 6.07) is 11.3. The molecule has 1 aromatic rings. The normalized spacial score (nSPS) is 18.0. The van der Waals surface area contributed by atoms with Gasteiger partial charge in [-0.2, -0.15) is 0 Å². The highest BCUT2D eigenvalue weighted by Crippen LogP contribution is 2.19. The number of likely N-dealkylation sites (tertiary alicyclic amines) is 1. The van der Waals surface area contributed by atoms with E-state index >= 15 is 0 Å². The second-order valence-corrected chi connectivity index (χ2v) is 6.91. The van der Waals surface area contributed by atoms with Gasteiger partial charge in [0.15, 0.2) is 5.96 Å². The minimum Gasteiger partial charge on any atom is -0.379 e. The molecule has 1 aliphatic rings. The zero-order chi connectivity index (χ0) is 17.9. The molecule has 6 heteroatoms. The van der Waals surface area contributed by atoms with Crippen LogP contribution in [0.3, 0.4) is 0 Å². The number of halogens is 1. The zero-order valence-corrected chi connectivity index (χ0v) is 18.7. The van der Waals surface area contributed by atoms with Gasteiger partial charge in [-0.25, -0.2) is 0 Å². The second-order valence-electron chi connectivity index (χ2n) is 6.91. The van der Waals surface area contributed by atoms with Gasteiger partial charge >= 0.3 is 0 Å². The van der Waals surface area contributed by atoms with E-state index in [0.717, 1.165) is 38.6 Å². The van der Waals surface area contributed by atoms with Crippen molar-refractivity contribution in [2.45, 2.75) is 51.8 Å². The average molecular weight is 474 g/mol. The van der Waals surface area contributed by atoms with E-state index in [1.54, 1.807) is 0 Å². The smallest absolute Gasteiger partial charge is 0.191 e. The van der Waals surface area contributed by atoms with Crippen molar-refractivity contribution >= 4 is 29.9 Å². The Balaban J connectivity index is 0.00000338. The monoisotopic (exact) mass is 474 g/mol. The standard InChI is InChI=1S/C20H34N4O.HI/c1-17(2)25-14-8-12-22-20(21-3)23-15-19-11-7-13-24(19)16-18-9-5-4-6-10-18;/h4-6,9-10,17,19H,7-8,11-16H2,1-3H3,(H2,21,22,23);1H. The molecular formula is C20H35IN4O. The van der Waals surface area contributed by atoms with E-state index in [9.17, 15) is 0 Å². The fraction of sp³-hybridized carbons (Fsp3) is 0.650. The first kappa shape index (κ1) is 23.2. The molecule has 26 heavy (non-hydrogen) atoms. The summed E-state index contributed by atoms with van der Waals surface area (Å²) in [4.78, 5) is 6.90. The van der Waals surface area contributed by atoms with Crippen LogP contribution >= 0.6 is 24.0 Å². The third-order valence-corrected chi connectivity index (χ3v) is 4.52. The number of guanidine groups is 1. The van der Waals surface area contributed by atoms with Gasteiger partial charge in [0.1, 0.15) is 0 Å². The lowest BCUT2D eigenvalue weighted by atomic mass is 10.2. The van der Waals surface area contributed by atoms with E-state index in [1.165, 1.54) is 24.9 Å². The number of hydrogen-bond donors (Lipinski definition) is 2. The molecule has 0 radical (unpaired) electrons. The number of benzene rings is 1.